The van der Waals surface area contributed by atoms with Crippen molar-refractivity contribution in [1.29, 1.82) is 0 Å². The third kappa shape index (κ3) is 4.27. The van der Waals surface area contributed by atoms with Gasteiger partial charge in [0.05, 0.1) is 24.8 Å². The number of thioether (sulfide) groups is 1. The number of amides is 1. The van der Waals surface area contributed by atoms with Gasteiger partial charge >= 0.3 is 10.7 Å². The van der Waals surface area contributed by atoms with Gasteiger partial charge in [0.25, 0.3) is 0 Å². The molecule has 0 aliphatic heterocycles. The smallest absolute Gasteiger partial charge is 0.347 e. The number of rotatable bonds is 7. The van der Waals surface area contributed by atoms with Gasteiger partial charge in [-0.2, -0.15) is 4.57 Å². The molecule has 0 atom stereocenters. The lowest BCUT2D eigenvalue weighted by Crippen LogP contribution is -2.30. The topological polar surface area (TPSA) is 87.6 Å². The van der Waals surface area contributed by atoms with Crippen molar-refractivity contribution in [3.63, 3.8) is 0 Å². The Hall–Kier alpha value is -3.04. The molecule has 30 heavy (non-hydrogen) atoms. The van der Waals surface area contributed by atoms with Crippen LogP contribution in [0.25, 0.3) is 10.2 Å². The maximum atomic E-state index is 13.1. The molecule has 0 unspecified atom stereocenters. The van der Waals surface area contributed by atoms with Crippen LogP contribution in [0.15, 0.2) is 63.1 Å². The molecule has 1 amide bonds. The third-order valence-corrected chi connectivity index (χ3v) is 6.38. The molecule has 2 N–H and O–H groups in total. The van der Waals surface area contributed by atoms with E-state index in [9.17, 15) is 9.59 Å². The van der Waals surface area contributed by atoms with Crippen LogP contribution in [-0.4, -0.2) is 23.3 Å². The molecular weight excluding hydrogens is 422 g/mol. The summed E-state index contributed by atoms with van der Waals surface area (Å²) in [6, 6.07) is 12.7. The van der Waals surface area contributed by atoms with Crippen LogP contribution in [-0.2, 0) is 11.3 Å². The lowest BCUT2D eigenvalue weighted by molar-refractivity contribution is -0.404. The number of hydrogen-bond donors (Lipinski definition) is 1. The third-order valence-electron chi connectivity index (χ3n) is 4.41. The summed E-state index contributed by atoms with van der Waals surface area (Å²) < 4.78 is 12.3. The Kier molecular flexibility index (Phi) is 5.91. The van der Waals surface area contributed by atoms with Crippen molar-refractivity contribution in [1.82, 2.24) is 4.57 Å². The van der Waals surface area contributed by atoms with Gasteiger partial charge in [-0.25, -0.2) is 9.78 Å². The highest BCUT2D eigenvalue weighted by Crippen LogP contribution is 2.24. The predicted octanol–water partition coefficient (Wildman–Crippen LogP) is 3.57. The summed E-state index contributed by atoms with van der Waals surface area (Å²) in [6.45, 7) is 2.24. The maximum Gasteiger partial charge on any atom is 0.347 e. The molecule has 0 radical (unpaired) electrons. The number of H-pyrrole nitrogens is 1. The Morgan fingerprint density at radius 3 is 2.90 bits per heavy atom. The van der Waals surface area contributed by atoms with Crippen LogP contribution in [0.4, 0.5) is 5.69 Å². The number of thiophene rings is 1. The van der Waals surface area contributed by atoms with Crippen LogP contribution in [0.1, 0.15) is 10.6 Å². The number of carbonyl (C=O) groups excluding carboxylic acids is 1. The van der Waals surface area contributed by atoms with E-state index in [0.29, 0.717) is 27.7 Å². The molecule has 9 heteroatoms. The van der Waals surface area contributed by atoms with Gasteiger partial charge in [0.1, 0.15) is 16.9 Å². The lowest BCUT2D eigenvalue weighted by Gasteiger charge is -2.09. The molecule has 0 spiro atoms. The van der Waals surface area contributed by atoms with E-state index in [-0.39, 0.29) is 23.8 Å². The number of fused-ring (bicyclic) bond motifs is 1. The highest BCUT2D eigenvalue weighted by molar-refractivity contribution is 7.99. The van der Waals surface area contributed by atoms with E-state index in [1.165, 1.54) is 23.1 Å². The second kappa shape index (κ2) is 8.76. The number of furan rings is 1. The molecule has 3 aromatic heterocycles. The number of para-hydroxylation sites is 2. The number of aryl methyl sites for hydroxylation is 1. The summed E-state index contributed by atoms with van der Waals surface area (Å²) >= 11 is 2.78. The minimum Gasteiger partial charge on any atom is -0.495 e. The molecule has 0 bridgehead atoms. The first kappa shape index (κ1) is 20.2. The Morgan fingerprint density at radius 2 is 2.13 bits per heavy atom. The SMILES string of the molecule is COc1ccccc1NC(=O)CSc1[nH+]c2sc(C)cc2c(=O)n1Cc1ccco1. The average molecular weight is 443 g/mol. The minimum absolute atomic E-state index is 0.114. The first-order valence-electron chi connectivity index (χ1n) is 9.19. The Labute approximate surface area is 180 Å². The highest BCUT2D eigenvalue weighted by atomic mass is 32.2. The number of carbonyl (C=O) groups is 1. The van der Waals surface area contributed by atoms with E-state index in [2.05, 4.69) is 10.3 Å². The largest absolute Gasteiger partial charge is 0.495 e. The molecule has 0 saturated heterocycles. The fraction of sp³-hybridized carbons (Fsp3) is 0.190. The molecule has 7 nitrogen and oxygen atoms in total. The van der Waals surface area contributed by atoms with E-state index in [4.69, 9.17) is 9.15 Å². The predicted molar refractivity (Wildman–Crippen MR) is 118 cm³/mol. The van der Waals surface area contributed by atoms with Crippen LogP contribution < -0.4 is 20.6 Å². The number of anilines is 1. The number of aromatic amines is 1. The summed E-state index contributed by atoms with van der Waals surface area (Å²) in [6.07, 6.45) is 1.57. The molecule has 0 fully saturated rings. The van der Waals surface area contributed by atoms with Crippen LogP contribution >= 0.6 is 23.1 Å². The van der Waals surface area contributed by atoms with Crippen LogP contribution in [0.2, 0.25) is 0 Å². The fourth-order valence-corrected chi connectivity index (χ4v) is 4.84. The standard InChI is InChI=1S/C21H19N3O4S2/c1-13-10-15-19(30-13)23-21(24(20(15)26)11-14-6-5-9-28-14)29-12-18(25)22-16-7-3-4-8-17(16)27-2/h3-10H,11-12H2,1-2H3,(H,22,25)/p+1. The molecule has 0 aliphatic rings. The van der Waals surface area contributed by atoms with Crippen LogP contribution in [0.3, 0.4) is 0 Å². The Morgan fingerprint density at radius 1 is 1.30 bits per heavy atom. The van der Waals surface area contributed by atoms with Gasteiger partial charge < -0.3 is 14.5 Å². The lowest BCUT2D eigenvalue weighted by atomic mass is 10.3. The van der Waals surface area contributed by atoms with Crippen molar-refractivity contribution in [2.24, 2.45) is 0 Å². The van der Waals surface area contributed by atoms with Gasteiger partial charge in [0.15, 0.2) is 11.4 Å². The van der Waals surface area contributed by atoms with Crippen molar-refractivity contribution in [2.45, 2.75) is 18.6 Å². The zero-order valence-electron chi connectivity index (χ0n) is 16.4. The van der Waals surface area contributed by atoms with E-state index in [0.717, 1.165) is 9.71 Å². The van der Waals surface area contributed by atoms with Gasteiger partial charge in [-0.15, -0.1) is 0 Å². The summed E-state index contributed by atoms with van der Waals surface area (Å²) in [5, 5.41) is 4.08. The minimum atomic E-state index is -0.197. The number of nitrogens with zero attached hydrogens (tertiary/aromatic N) is 1. The Balaban J connectivity index is 1.59. The summed E-state index contributed by atoms with van der Waals surface area (Å²) in [5.41, 5.74) is 0.490. The number of methoxy groups -OCH3 is 1. The van der Waals surface area contributed by atoms with E-state index in [1.807, 2.05) is 31.2 Å². The molecule has 3 heterocycles. The molecule has 1 aromatic carbocycles. The van der Waals surface area contributed by atoms with Gasteiger partial charge in [0, 0.05) is 4.88 Å². The summed E-state index contributed by atoms with van der Waals surface area (Å²) in [4.78, 5) is 30.8. The van der Waals surface area contributed by atoms with Crippen molar-refractivity contribution >= 4 is 44.9 Å². The van der Waals surface area contributed by atoms with E-state index >= 15 is 0 Å². The Bertz CT molecular complexity index is 1250. The highest BCUT2D eigenvalue weighted by Gasteiger charge is 2.22. The summed E-state index contributed by atoms with van der Waals surface area (Å²) in [5.74, 6) is 1.18. The second-order valence-electron chi connectivity index (χ2n) is 6.54. The van der Waals surface area contributed by atoms with Gasteiger partial charge in [-0.05, 0) is 49.0 Å². The van der Waals surface area contributed by atoms with Crippen molar-refractivity contribution in [3.8, 4) is 5.75 Å². The fourth-order valence-electron chi connectivity index (χ4n) is 3.05. The molecule has 154 valence electrons. The molecule has 0 saturated carbocycles. The second-order valence-corrected chi connectivity index (χ2v) is 8.76. The number of benzene rings is 1. The number of aromatic nitrogens is 2. The monoisotopic (exact) mass is 442 g/mol. The van der Waals surface area contributed by atoms with Gasteiger partial charge in [-0.3, -0.25) is 4.79 Å². The van der Waals surface area contributed by atoms with Crippen LogP contribution in [0.5, 0.6) is 5.75 Å². The van der Waals surface area contributed by atoms with Crippen molar-refractivity contribution in [3.05, 3.63) is 69.7 Å². The molecule has 4 rings (SSSR count). The molecule has 0 aliphatic carbocycles. The van der Waals surface area contributed by atoms with E-state index < -0.39 is 0 Å². The van der Waals surface area contributed by atoms with E-state index in [1.54, 1.807) is 36.1 Å². The normalized spacial score (nSPS) is 11.0. The van der Waals surface area contributed by atoms with Crippen LogP contribution in [0, 0.1) is 6.92 Å². The first-order chi connectivity index (χ1) is 14.5. The average Bonchev–Trinajstić information content (AvgIpc) is 3.38. The number of ether oxygens (including phenoxy) is 1. The molecular formula is C21H20N3O4S2+. The zero-order valence-corrected chi connectivity index (χ0v) is 18.1. The van der Waals surface area contributed by atoms with Gasteiger partial charge in [0.2, 0.25) is 5.91 Å². The quantitative estimate of drug-likeness (QED) is 0.349. The molecule has 4 aromatic rings. The zero-order chi connectivity index (χ0) is 21.1. The van der Waals surface area contributed by atoms with Crippen molar-refractivity contribution < 1.29 is 18.9 Å². The number of nitrogens with one attached hydrogen (secondary N) is 2. The number of hydrogen-bond acceptors (Lipinski definition) is 6. The maximum absolute atomic E-state index is 13.1. The van der Waals surface area contributed by atoms with Crippen molar-refractivity contribution in [2.75, 3.05) is 18.2 Å². The van der Waals surface area contributed by atoms with Gasteiger partial charge in [-0.1, -0.05) is 23.5 Å². The first-order valence-corrected chi connectivity index (χ1v) is 11.0. The summed E-state index contributed by atoms with van der Waals surface area (Å²) in [7, 11) is 1.56.